The van der Waals surface area contributed by atoms with E-state index < -0.39 is 0 Å². The van der Waals surface area contributed by atoms with Gasteiger partial charge in [0.1, 0.15) is 5.82 Å². The van der Waals surface area contributed by atoms with E-state index in [0.717, 1.165) is 30.8 Å². The first-order chi connectivity index (χ1) is 9.72. The number of amides is 1. The van der Waals surface area contributed by atoms with Gasteiger partial charge in [-0.2, -0.15) is 0 Å². The Hall–Kier alpha value is -1.07. The lowest BCUT2D eigenvalue weighted by molar-refractivity contribution is -0.118. The van der Waals surface area contributed by atoms with Crippen molar-refractivity contribution >= 4 is 17.7 Å². The quantitative estimate of drug-likeness (QED) is 0.532. The van der Waals surface area contributed by atoms with Crippen LogP contribution in [0, 0.1) is 5.82 Å². The van der Waals surface area contributed by atoms with Crippen molar-refractivity contribution in [2.75, 3.05) is 25.5 Å². The third kappa shape index (κ3) is 8.17. The molecule has 1 amide bonds. The van der Waals surface area contributed by atoms with Gasteiger partial charge in [-0.15, -0.1) is 11.8 Å². The molecule has 0 radical (unpaired) electrons. The number of nitrogens with one attached hydrogen (secondary N) is 1. The molecule has 3 nitrogen and oxygen atoms in total. The van der Waals surface area contributed by atoms with Crippen LogP contribution in [0.1, 0.15) is 26.2 Å². The number of hydrogen-bond donors (Lipinski definition) is 1. The third-order valence-electron chi connectivity index (χ3n) is 2.61. The Morgan fingerprint density at radius 3 is 2.65 bits per heavy atom. The Balaban J connectivity index is 2.01. The number of thioether (sulfide) groups is 1. The van der Waals surface area contributed by atoms with E-state index in [9.17, 15) is 9.18 Å². The van der Waals surface area contributed by atoms with Gasteiger partial charge in [-0.25, -0.2) is 4.39 Å². The monoisotopic (exact) mass is 299 g/mol. The van der Waals surface area contributed by atoms with Crippen molar-refractivity contribution in [3.63, 3.8) is 0 Å². The Morgan fingerprint density at radius 2 is 1.95 bits per heavy atom. The minimum atomic E-state index is -0.262. The second kappa shape index (κ2) is 10.7. The van der Waals surface area contributed by atoms with E-state index in [0.29, 0.717) is 18.9 Å². The van der Waals surface area contributed by atoms with Gasteiger partial charge in [-0.3, -0.25) is 4.79 Å². The topological polar surface area (TPSA) is 38.3 Å². The summed E-state index contributed by atoms with van der Waals surface area (Å²) in [5, 5.41) is 2.84. The summed E-state index contributed by atoms with van der Waals surface area (Å²) in [6.07, 6.45) is 3.05. The molecule has 0 saturated heterocycles. The molecule has 1 aromatic carbocycles. The van der Waals surface area contributed by atoms with Crippen LogP contribution in [-0.4, -0.2) is 31.4 Å². The number of benzene rings is 1. The van der Waals surface area contributed by atoms with E-state index in [1.165, 1.54) is 23.9 Å². The predicted octanol–water partition coefficient (Wildman–Crippen LogP) is 3.24. The third-order valence-corrected chi connectivity index (χ3v) is 3.63. The molecule has 0 unspecified atom stereocenters. The zero-order valence-corrected chi connectivity index (χ0v) is 12.7. The van der Waals surface area contributed by atoms with Gasteiger partial charge < -0.3 is 10.1 Å². The Morgan fingerprint density at radius 1 is 1.25 bits per heavy atom. The number of carbonyl (C=O) groups excluding carboxylic acids is 1. The minimum Gasteiger partial charge on any atom is -0.381 e. The zero-order valence-electron chi connectivity index (χ0n) is 11.9. The number of ether oxygens (including phenoxy) is 1. The predicted molar refractivity (Wildman–Crippen MR) is 80.5 cm³/mol. The summed E-state index contributed by atoms with van der Waals surface area (Å²) in [4.78, 5) is 12.5. The smallest absolute Gasteiger partial charge is 0.230 e. The van der Waals surface area contributed by atoms with Crippen molar-refractivity contribution in [3.05, 3.63) is 30.1 Å². The molecule has 0 spiro atoms. The first kappa shape index (κ1) is 17.0. The number of unbranched alkanes of at least 4 members (excludes halogenated alkanes) is 1. The van der Waals surface area contributed by atoms with Crippen molar-refractivity contribution in [2.45, 2.75) is 31.1 Å². The molecule has 0 atom stereocenters. The van der Waals surface area contributed by atoms with Gasteiger partial charge in [0.05, 0.1) is 5.75 Å². The fourth-order valence-corrected chi connectivity index (χ4v) is 2.21. The molecule has 0 fully saturated rings. The van der Waals surface area contributed by atoms with Crippen molar-refractivity contribution < 1.29 is 13.9 Å². The Labute approximate surface area is 124 Å². The molecule has 0 saturated carbocycles. The normalized spacial score (nSPS) is 10.5. The molecular weight excluding hydrogens is 277 g/mol. The van der Waals surface area contributed by atoms with Crippen LogP contribution in [0.4, 0.5) is 4.39 Å². The maximum atomic E-state index is 12.7. The lowest BCUT2D eigenvalue weighted by Crippen LogP contribution is -2.26. The molecule has 0 aliphatic heterocycles. The van der Waals surface area contributed by atoms with Gasteiger partial charge in [0.25, 0.3) is 0 Å². The average molecular weight is 299 g/mol. The summed E-state index contributed by atoms with van der Waals surface area (Å²) in [7, 11) is 0. The summed E-state index contributed by atoms with van der Waals surface area (Å²) in [6.45, 7) is 4.24. The summed E-state index contributed by atoms with van der Waals surface area (Å²) in [6, 6.07) is 6.14. The van der Waals surface area contributed by atoms with E-state index in [4.69, 9.17) is 4.74 Å². The van der Waals surface area contributed by atoms with Crippen molar-refractivity contribution in [1.82, 2.24) is 5.32 Å². The molecule has 1 aromatic rings. The average Bonchev–Trinajstić information content (AvgIpc) is 2.46. The lowest BCUT2D eigenvalue weighted by atomic mass is 10.3. The standard InChI is InChI=1S/C15H22FNO2S/c1-2-3-10-19-11-4-9-17-15(18)12-20-14-7-5-13(16)6-8-14/h5-8H,2-4,9-12H2,1H3,(H,17,18). The zero-order chi connectivity index (χ0) is 14.6. The van der Waals surface area contributed by atoms with Crippen molar-refractivity contribution in [2.24, 2.45) is 0 Å². The van der Waals surface area contributed by atoms with Crippen LogP contribution >= 0.6 is 11.8 Å². The van der Waals surface area contributed by atoms with E-state index in [2.05, 4.69) is 12.2 Å². The maximum Gasteiger partial charge on any atom is 0.230 e. The molecular formula is C15H22FNO2S. The fraction of sp³-hybridized carbons (Fsp3) is 0.533. The van der Waals surface area contributed by atoms with Crippen LogP contribution in [0.3, 0.4) is 0 Å². The number of halogens is 1. The van der Waals surface area contributed by atoms with E-state index >= 15 is 0 Å². The van der Waals surface area contributed by atoms with Crippen molar-refractivity contribution in [3.8, 4) is 0 Å². The second-order valence-electron chi connectivity index (χ2n) is 4.41. The summed E-state index contributed by atoms with van der Waals surface area (Å²) < 4.78 is 18.1. The molecule has 0 bridgehead atoms. The maximum absolute atomic E-state index is 12.7. The highest BCUT2D eigenvalue weighted by Crippen LogP contribution is 2.17. The van der Waals surface area contributed by atoms with Crippen molar-refractivity contribution in [1.29, 1.82) is 0 Å². The summed E-state index contributed by atoms with van der Waals surface area (Å²) in [5.41, 5.74) is 0. The molecule has 20 heavy (non-hydrogen) atoms. The van der Waals surface area contributed by atoms with Crippen LogP contribution in [-0.2, 0) is 9.53 Å². The molecule has 112 valence electrons. The van der Waals surface area contributed by atoms with E-state index in [1.54, 1.807) is 12.1 Å². The van der Waals surface area contributed by atoms with Crippen LogP contribution in [0.25, 0.3) is 0 Å². The molecule has 0 heterocycles. The second-order valence-corrected chi connectivity index (χ2v) is 5.46. The molecule has 1 N–H and O–H groups in total. The molecule has 0 aliphatic carbocycles. The van der Waals surface area contributed by atoms with Crippen LogP contribution in [0.5, 0.6) is 0 Å². The highest BCUT2D eigenvalue weighted by atomic mass is 32.2. The van der Waals surface area contributed by atoms with Gasteiger partial charge in [0.15, 0.2) is 0 Å². The first-order valence-corrected chi connectivity index (χ1v) is 7.93. The summed E-state index contributed by atoms with van der Waals surface area (Å²) in [5.74, 6) is 0.0808. The lowest BCUT2D eigenvalue weighted by Gasteiger charge is -2.06. The van der Waals surface area contributed by atoms with Gasteiger partial charge in [-0.05, 0) is 37.1 Å². The summed E-state index contributed by atoms with van der Waals surface area (Å²) >= 11 is 1.40. The first-order valence-electron chi connectivity index (χ1n) is 6.95. The number of rotatable bonds is 10. The van der Waals surface area contributed by atoms with Gasteiger partial charge in [-0.1, -0.05) is 13.3 Å². The number of carbonyl (C=O) groups is 1. The largest absolute Gasteiger partial charge is 0.381 e. The Kier molecular flexibility index (Phi) is 9.07. The van der Waals surface area contributed by atoms with Crippen LogP contribution < -0.4 is 5.32 Å². The molecule has 1 rings (SSSR count). The van der Waals surface area contributed by atoms with E-state index in [-0.39, 0.29) is 11.7 Å². The number of hydrogen-bond acceptors (Lipinski definition) is 3. The van der Waals surface area contributed by atoms with Gasteiger partial charge >= 0.3 is 0 Å². The molecule has 5 heteroatoms. The minimum absolute atomic E-state index is 0.00659. The van der Waals surface area contributed by atoms with Gasteiger partial charge in [0, 0.05) is 24.7 Å². The highest BCUT2D eigenvalue weighted by Gasteiger charge is 2.02. The van der Waals surface area contributed by atoms with E-state index in [1.807, 2.05) is 0 Å². The molecule has 0 aromatic heterocycles. The van der Waals surface area contributed by atoms with Crippen LogP contribution in [0.15, 0.2) is 29.2 Å². The van der Waals surface area contributed by atoms with Gasteiger partial charge in [0.2, 0.25) is 5.91 Å². The van der Waals surface area contributed by atoms with Crippen LogP contribution in [0.2, 0.25) is 0 Å². The highest BCUT2D eigenvalue weighted by molar-refractivity contribution is 8.00. The molecule has 0 aliphatic rings. The fourth-order valence-electron chi connectivity index (χ4n) is 1.48. The SMILES string of the molecule is CCCCOCCCNC(=O)CSc1ccc(F)cc1. The Bertz CT molecular complexity index is 384.